The number of pyridine rings is 1. The molecule has 0 bridgehead atoms. The largest absolute Gasteiger partial charge is 0.464 e. The molecule has 3 N–H and O–H groups in total. The molecule has 0 aliphatic rings. The predicted molar refractivity (Wildman–Crippen MR) is 76.1 cm³/mol. The van der Waals surface area contributed by atoms with Gasteiger partial charge < -0.3 is 15.8 Å². The van der Waals surface area contributed by atoms with E-state index < -0.39 is 5.97 Å². The fourth-order valence-electron chi connectivity index (χ4n) is 1.37. The Labute approximate surface area is 111 Å². The molecule has 6 heteroatoms. The maximum absolute atomic E-state index is 11.4. The Morgan fingerprint density at radius 2 is 2.33 bits per heavy atom. The molecular weight excluding hydrogens is 250 g/mol. The molecule has 0 fully saturated rings. The summed E-state index contributed by atoms with van der Waals surface area (Å²) in [6, 6.07) is 3.44. The van der Waals surface area contributed by atoms with Crippen LogP contribution in [0.1, 0.15) is 24.3 Å². The number of nitrogens with two attached hydrogens (primary N) is 1. The van der Waals surface area contributed by atoms with Crippen molar-refractivity contribution >= 4 is 29.2 Å². The first-order chi connectivity index (χ1) is 8.58. The summed E-state index contributed by atoms with van der Waals surface area (Å²) in [6.45, 7) is 4.16. The molecule has 1 unspecified atom stereocenters. The van der Waals surface area contributed by atoms with E-state index >= 15 is 0 Å². The fourth-order valence-corrected chi connectivity index (χ4v) is 2.05. The number of aromatic nitrogens is 1. The van der Waals surface area contributed by atoms with Crippen molar-refractivity contribution in [1.29, 1.82) is 0 Å². The number of rotatable bonds is 6. The number of nitrogens with zero attached hydrogens (tertiary/aromatic N) is 1. The van der Waals surface area contributed by atoms with Crippen molar-refractivity contribution in [2.75, 3.05) is 29.7 Å². The molecule has 1 aromatic rings. The van der Waals surface area contributed by atoms with Crippen LogP contribution < -0.4 is 11.1 Å². The van der Waals surface area contributed by atoms with Gasteiger partial charge in [-0.25, -0.2) is 9.78 Å². The highest BCUT2D eigenvalue weighted by Gasteiger charge is 2.12. The predicted octanol–water partition coefficient (Wildman–Crippen LogP) is 2.00. The minimum Gasteiger partial charge on any atom is -0.464 e. The summed E-state index contributed by atoms with van der Waals surface area (Å²) < 4.78 is 4.63. The highest BCUT2D eigenvalue weighted by atomic mass is 32.2. The number of methoxy groups -OCH3 is 1. The molecule has 0 saturated carbocycles. The highest BCUT2D eigenvalue weighted by molar-refractivity contribution is 7.99. The Morgan fingerprint density at radius 3 is 2.94 bits per heavy atom. The molecule has 0 saturated heterocycles. The standard InChI is InChI=1S/C12H19N3O2S/c1-4-18-7-8(2)14-11-9(13)5-6-10(15-11)12(16)17-3/h5-6,8H,4,7,13H2,1-3H3,(H,14,15). The number of thioether (sulfide) groups is 1. The Morgan fingerprint density at radius 1 is 1.61 bits per heavy atom. The van der Waals surface area contributed by atoms with E-state index in [1.807, 2.05) is 11.8 Å². The maximum Gasteiger partial charge on any atom is 0.356 e. The zero-order valence-corrected chi connectivity index (χ0v) is 11.7. The number of nitrogens with one attached hydrogen (secondary N) is 1. The third-order valence-electron chi connectivity index (χ3n) is 2.28. The van der Waals surface area contributed by atoms with E-state index in [2.05, 4.69) is 28.9 Å². The molecule has 0 aliphatic heterocycles. The van der Waals surface area contributed by atoms with E-state index in [0.29, 0.717) is 11.5 Å². The molecule has 1 heterocycles. The number of carbonyl (C=O) groups is 1. The number of ether oxygens (including phenoxy) is 1. The topological polar surface area (TPSA) is 77.2 Å². The van der Waals surface area contributed by atoms with E-state index in [0.717, 1.165) is 11.5 Å². The van der Waals surface area contributed by atoms with E-state index in [9.17, 15) is 4.79 Å². The van der Waals surface area contributed by atoms with Gasteiger partial charge in [0.2, 0.25) is 0 Å². The van der Waals surface area contributed by atoms with Crippen LogP contribution in [0.2, 0.25) is 0 Å². The van der Waals surface area contributed by atoms with Gasteiger partial charge in [0, 0.05) is 11.8 Å². The number of esters is 1. The van der Waals surface area contributed by atoms with Crippen molar-refractivity contribution in [2.45, 2.75) is 19.9 Å². The summed E-state index contributed by atoms with van der Waals surface area (Å²) >= 11 is 1.83. The zero-order valence-electron chi connectivity index (χ0n) is 10.9. The first kappa shape index (κ1) is 14.6. The van der Waals surface area contributed by atoms with Crippen LogP contribution in [0, 0.1) is 0 Å². The van der Waals surface area contributed by atoms with Gasteiger partial charge in [-0.3, -0.25) is 0 Å². The molecule has 0 aromatic carbocycles. The second kappa shape index (κ2) is 7.10. The van der Waals surface area contributed by atoms with Crippen LogP contribution in [0.15, 0.2) is 12.1 Å². The van der Waals surface area contributed by atoms with Crippen LogP contribution >= 0.6 is 11.8 Å². The fraction of sp³-hybridized carbons (Fsp3) is 0.500. The van der Waals surface area contributed by atoms with Crippen LogP contribution in [0.3, 0.4) is 0 Å². The lowest BCUT2D eigenvalue weighted by Crippen LogP contribution is -2.20. The van der Waals surface area contributed by atoms with Gasteiger partial charge in [0.1, 0.15) is 5.82 Å². The van der Waals surface area contributed by atoms with E-state index in [4.69, 9.17) is 5.73 Å². The van der Waals surface area contributed by atoms with E-state index in [-0.39, 0.29) is 11.7 Å². The average molecular weight is 269 g/mol. The molecule has 0 aliphatic carbocycles. The smallest absolute Gasteiger partial charge is 0.356 e. The summed E-state index contributed by atoms with van der Waals surface area (Å²) in [5.74, 6) is 2.09. The van der Waals surface area contributed by atoms with E-state index in [1.54, 1.807) is 12.1 Å². The Hall–Kier alpha value is -1.43. The Balaban J connectivity index is 2.77. The molecule has 1 aromatic heterocycles. The minimum absolute atomic E-state index is 0.234. The second-order valence-electron chi connectivity index (χ2n) is 3.83. The van der Waals surface area contributed by atoms with Crippen LogP contribution in [0.4, 0.5) is 11.5 Å². The van der Waals surface area contributed by atoms with Crippen molar-refractivity contribution < 1.29 is 9.53 Å². The average Bonchev–Trinajstić information content (AvgIpc) is 2.38. The Kier molecular flexibility index (Phi) is 5.77. The van der Waals surface area contributed by atoms with Gasteiger partial charge in [-0.15, -0.1) is 0 Å². The molecule has 18 heavy (non-hydrogen) atoms. The normalized spacial score (nSPS) is 11.9. The molecule has 1 atom stereocenters. The SMILES string of the molecule is CCSCC(C)Nc1nc(C(=O)OC)ccc1N. The highest BCUT2D eigenvalue weighted by Crippen LogP contribution is 2.18. The van der Waals surface area contributed by atoms with Crippen LogP contribution in [-0.4, -0.2) is 35.6 Å². The summed E-state index contributed by atoms with van der Waals surface area (Å²) in [5, 5.41) is 3.20. The van der Waals surface area contributed by atoms with Gasteiger partial charge in [0.25, 0.3) is 0 Å². The minimum atomic E-state index is -0.464. The summed E-state index contributed by atoms with van der Waals surface area (Å²) in [6.07, 6.45) is 0. The van der Waals surface area contributed by atoms with E-state index in [1.165, 1.54) is 7.11 Å². The number of nitrogen functional groups attached to an aromatic ring is 1. The van der Waals surface area contributed by atoms with Gasteiger partial charge in [-0.2, -0.15) is 11.8 Å². The van der Waals surface area contributed by atoms with Crippen molar-refractivity contribution in [3.63, 3.8) is 0 Å². The first-order valence-electron chi connectivity index (χ1n) is 5.77. The molecule has 5 nitrogen and oxygen atoms in total. The zero-order chi connectivity index (χ0) is 13.5. The van der Waals surface area contributed by atoms with Crippen molar-refractivity contribution in [3.8, 4) is 0 Å². The quantitative estimate of drug-likeness (QED) is 0.769. The number of carbonyl (C=O) groups excluding carboxylic acids is 1. The van der Waals surface area contributed by atoms with Crippen LogP contribution in [0.5, 0.6) is 0 Å². The van der Waals surface area contributed by atoms with Gasteiger partial charge in [-0.05, 0) is 24.8 Å². The molecule has 0 radical (unpaired) electrons. The second-order valence-corrected chi connectivity index (χ2v) is 5.15. The first-order valence-corrected chi connectivity index (χ1v) is 6.93. The van der Waals surface area contributed by atoms with Crippen molar-refractivity contribution in [1.82, 2.24) is 4.98 Å². The molecule has 0 spiro atoms. The van der Waals surface area contributed by atoms with Gasteiger partial charge in [0.15, 0.2) is 5.69 Å². The third kappa shape index (κ3) is 4.10. The third-order valence-corrected chi connectivity index (χ3v) is 3.42. The summed E-state index contributed by atoms with van der Waals surface area (Å²) in [4.78, 5) is 15.5. The van der Waals surface area contributed by atoms with Gasteiger partial charge in [0.05, 0.1) is 12.8 Å². The number of hydrogen-bond donors (Lipinski definition) is 2. The van der Waals surface area contributed by atoms with Crippen LogP contribution in [-0.2, 0) is 4.74 Å². The van der Waals surface area contributed by atoms with Crippen molar-refractivity contribution in [3.05, 3.63) is 17.8 Å². The van der Waals surface area contributed by atoms with Gasteiger partial charge >= 0.3 is 5.97 Å². The molecule has 0 amide bonds. The summed E-state index contributed by atoms with van der Waals surface area (Å²) in [7, 11) is 1.33. The molecule has 100 valence electrons. The van der Waals surface area contributed by atoms with Crippen molar-refractivity contribution in [2.24, 2.45) is 0 Å². The lowest BCUT2D eigenvalue weighted by molar-refractivity contribution is 0.0594. The maximum atomic E-state index is 11.4. The van der Waals surface area contributed by atoms with Gasteiger partial charge in [-0.1, -0.05) is 6.92 Å². The molecular formula is C12H19N3O2S. The lowest BCUT2D eigenvalue weighted by atomic mass is 10.3. The summed E-state index contributed by atoms with van der Waals surface area (Å²) in [5.41, 5.74) is 6.60. The van der Waals surface area contributed by atoms with Crippen LogP contribution in [0.25, 0.3) is 0 Å². The Bertz CT molecular complexity index is 412. The number of hydrogen-bond acceptors (Lipinski definition) is 6. The lowest BCUT2D eigenvalue weighted by Gasteiger charge is -2.15. The number of anilines is 2. The monoisotopic (exact) mass is 269 g/mol. The molecule has 1 rings (SSSR count).